The molecule has 0 heterocycles. The molecule has 130 valence electrons. The molecule has 0 saturated heterocycles. The van der Waals surface area contributed by atoms with Crippen LogP contribution in [0.25, 0.3) is 0 Å². The summed E-state index contributed by atoms with van der Waals surface area (Å²) < 4.78 is 9.49. The Hall–Kier alpha value is -0.697. The molecule has 24 heavy (non-hydrogen) atoms. The summed E-state index contributed by atoms with van der Waals surface area (Å²) in [5.41, 5.74) is -1.37. The van der Waals surface area contributed by atoms with Gasteiger partial charge < -0.3 is 9.47 Å². The normalized spacial score (nSPS) is 21.2. The summed E-state index contributed by atoms with van der Waals surface area (Å²) in [6.07, 6.45) is 22.2. The van der Waals surface area contributed by atoms with E-state index in [9.17, 15) is 9.59 Å². The second-order valence-corrected chi connectivity index (χ2v) is 5.12. The van der Waals surface area contributed by atoms with Crippen molar-refractivity contribution >= 4 is 11.9 Å². The third kappa shape index (κ3) is 7.46. The summed E-state index contributed by atoms with van der Waals surface area (Å²) >= 11 is 0. The van der Waals surface area contributed by atoms with E-state index in [0.717, 1.165) is 19.3 Å². The molecule has 0 atom stereocenters. The van der Waals surface area contributed by atoms with E-state index >= 15 is 0 Å². The van der Waals surface area contributed by atoms with Crippen LogP contribution < -0.4 is 0 Å². The van der Waals surface area contributed by atoms with Crippen molar-refractivity contribution in [2.24, 2.45) is 5.41 Å². The Morgan fingerprint density at radius 1 is 0.833 bits per heavy atom. The third-order valence-corrected chi connectivity index (χ3v) is 3.52. The molecule has 1 saturated carbocycles. The zero-order valence-electron chi connectivity index (χ0n) is 14.1. The molecule has 0 aliphatic heterocycles. The quantitative estimate of drug-likeness (QED) is 0.300. The SMILES string of the molecule is COC(=O)C1(C(=O)OC)[CH][CH][CH]CCC/C=C\C1.[CH]1[CH][CH][CH][CH]1.[Ru+2]. The third-order valence-electron chi connectivity index (χ3n) is 3.52. The predicted molar refractivity (Wildman–Crippen MR) is 88.5 cm³/mol. The van der Waals surface area contributed by atoms with Crippen LogP contribution in [0.3, 0.4) is 0 Å². The van der Waals surface area contributed by atoms with Crippen LogP contribution in [-0.4, -0.2) is 26.2 Å². The Morgan fingerprint density at radius 2 is 1.38 bits per heavy atom. The number of ether oxygens (including phenoxy) is 2. The van der Waals surface area contributed by atoms with Gasteiger partial charge in [0, 0.05) is 0 Å². The second kappa shape index (κ2) is 13.6. The molecule has 4 nitrogen and oxygen atoms in total. The minimum Gasteiger partial charge on any atom is -0.468 e. The van der Waals surface area contributed by atoms with Crippen LogP contribution in [0.15, 0.2) is 12.2 Å². The van der Waals surface area contributed by atoms with E-state index in [1.165, 1.54) is 14.2 Å². The second-order valence-electron chi connectivity index (χ2n) is 5.12. The van der Waals surface area contributed by atoms with Gasteiger partial charge in [-0.1, -0.05) is 12.2 Å². The molecule has 1 fully saturated rings. The fourth-order valence-electron chi connectivity index (χ4n) is 2.21. The van der Waals surface area contributed by atoms with E-state index in [0.29, 0.717) is 0 Å². The Labute approximate surface area is 159 Å². The molecule has 0 amide bonds. The van der Waals surface area contributed by atoms with Crippen molar-refractivity contribution in [2.75, 3.05) is 14.2 Å². The average molecular weight is 417 g/mol. The maximum absolute atomic E-state index is 11.9. The van der Waals surface area contributed by atoms with E-state index in [1.807, 2.05) is 50.7 Å². The molecule has 0 aromatic carbocycles. The Kier molecular flexibility index (Phi) is 13.2. The van der Waals surface area contributed by atoms with Crippen molar-refractivity contribution in [2.45, 2.75) is 25.7 Å². The van der Waals surface area contributed by atoms with Crippen LogP contribution in [0.4, 0.5) is 0 Å². The number of allylic oxidation sites excluding steroid dienone is 2. The van der Waals surface area contributed by atoms with Crippen molar-refractivity contribution in [1.29, 1.82) is 0 Å². The molecule has 0 aromatic rings. The number of methoxy groups -OCH3 is 2. The van der Waals surface area contributed by atoms with Gasteiger partial charge in [0.25, 0.3) is 0 Å². The minimum atomic E-state index is -1.37. The Balaban J connectivity index is 0.000000751. The number of hydrogen-bond donors (Lipinski definition) is 0. The van der Waals surface area contributed by atoms with Crippen molar-refractivity contribution in [1.82, 2.24) is 0 Å². The van der Waals surface area contributed by atoms with Crippen LogP contribution in [0.1, 0.15) is 25.7 Å². The van der Waals surface area contributed by atoms with E-state index in [4.69, 9.17) is 9.47 Å². The van der Waals surface area contributed by atoms with Crippen LogP contribution >= 0.6 is 0 Å². The van der Waals surface area contributed by atoms with E-state index in [-0.39, 0.29) is 25.9 Å². The van der Waals surface area contributed by atoms with Crippen molar-refractivity contribution in [3.63, 3.8) is 0 Å². The molecule has 0 aromatic heterocycles. The molecule has 8 radical (unpaired) electrons. The molecular formula is C19H24O4Ru+2. The molecule has 2 aliphatic carbocycles. The maximum atomic E-state index is 11.9. The van der Waals surface area contributed by atoms with Crippen LogP contribution in [-0.2, 0) is 38.5 Å². The standard InChI is InChI=1S/C14H19O4.C5H5.Ru/c1-17-12(15)14(13(16)18-2)10-8-6-4-3-5-7-9-11-14;1-2-4-5-3-1;/h6-10H,3-5,11H2,1-2H3;1-5H;/q;;+2/b9-7-;;. The zero-order chi connectivity index (χ0) is 17.0. The van der Waals surface area contributed by atoms with Gasteiger partial charge in [0.1, 0.15) is 0 Å². The van der Waals surface area contributed by atoms with Gasteiger partial charge >= 0.3 is 31.4 Å². The first kappa shape index (κ1) is 23.3. The molecule has 0 unspecified atom stereocenters. The smallest absolute Gasteiger partial charge is 0.468 e. The summed E-state index contributed by atoms with van der Waals surface area (Å²) in [4.78, 5) is 23.9. The van der Waals surface area contributed by atoms with Crippen LogP contribution in [0, 0.1) is 56.8 Å². The van der Waals surface area contributed by atoms with Crippen molar-refractivity contribution in [3.05, 3.63) is 63.5 Å². The first-order chi connectivity index (χ1) is 11.2. The van der Waals surface area contributed by atoms with Gasteiger partial charge in [0.2, 0.25) is 0 Å². The summed E-state index contributed by atoms with van der Waals surface area (Å²) in [5.74, 6) is -1.19. The summed E-state index contributed by atoms with van der Waals surface area (Å²) in [7, 11) is 2.54. The first-order valence-corrected chi connectivity index (χ1v) is 7.67. The maximum Gasteiger partial charge on any atom is 2.00 e. The van der Waals surface area contributed by atoms with Gasteiger partial charge in [0.05, 0.1) is 14.2 Å². The first-order valence-electron chi connectivity index (χ1n) is 7.67. The Morgan fingerprint density at radius 3 is 1.88 bits per heavy atom. The van der Waals surface area contributed by atoms with Gasteiger partial charge in [-0.2, -0.15) is 0 Å². The Bertz CT molecular complexity index is 365. The molecule has 0 spiro atoms. The van der Waals surface area contributed by atoms with E-state index < -0.39 is 17.4 Å². The monoisotopic (exact) mass is 418 g/mol. The molecule has 0 bridgehead atoms. The number of rotatable bonds is 2. The summed E-state index contributed by atoms with van der Waals surface area (Å²) in [6, 6.07) is 0. The molecule has 2 rings (SSSR count). The van der Waals surface area contributed by atoms with Gasteiger partial charge in [-0.3, -0.25) is 9.59 Å². The van der Waals surface area contributed by atoms with Gasteiger partial charge in [0.15, 0.2) is 5.41 Å². The zero-order valence-corrected chi connectivity index (χ0v) is 15.8. The van der Waals surface area contributed by atoms with Gasteiger partial charge in [-0.15, -0.1) is 0 Å². The summed E-state index contributed by atoms with van der Waals surface area (Å²) in [5, 5.41) is 0. The topological polar surface area (TPSA) is 52.6 Å². The van der Waals surface area contributed by atoms with Crippen molar-refractivity contribution in [3.8, 4) is 0 Å². The number of hydrogen-bond acceptors (Lipinski definition) is 4. The molecule has 2 aliphatic rings. The number of esters is 2. The molecular weight excluding hydrogens is 393 g/mol. The summed E-state index contributed by atoms with van der Waals surface area (Å²) in [6.45, 7) is 0. The number of carbonyl (C=O) groups excluding carboxylic acids is 2. The van der Waals surface area contributed by atoms with Crippen LogP contribution in [0.2, 0.25) is 0 Å². The molecule has 0 N–H and O–H groups in total. The van der Waals surface area contributed by atoms with Crippen LogP contribution in [0.5, 0.6) is 0 Å². The van der Waals surface area contributed by atoms with E-state index in [2.05, 4.69) is 0 Å². The van der Waals surface area contributed by atoms with Crippen molar-refractivity contribution < 1.29 is 38.5 Å². The van der Waals surface area contributed by atoms with E-state index in [1.54, 1.807) is 12.8 Å². The van der Waals surface area contributed by atoms with Gasteiger partial charge in [-0.05, 0) is 77.0 Å². The average Bonchev–Trinajstić information content (AvgIpc) is 3.17. The number of carbonyl (C=O) groups is 2. The van der Waals surface area contributed by atoms with Gasteiger partial charge in [-0.25, -0.2) is 0 Å². The largest absolute Gasteiger partial charge is 2.00 e. The molecule has 5 heteroatoms. The predicted octanol–water partition coefficient (Wildman–Crippen LogP) is 3.08. The minimum absolute atomic E-state index is 0. The fraction of sp³-hybridized carbons (Fsp3) is 0.368. The fourth-order valence-corrected chi connectivity index (χ4v) is 2.21.